The Labute approximate surface area is 131 Å². The lowest BCUT2D eigenvalue weighted by atomic mass is 10.2. The number of pyridine rings is 1. The van der Waals surface area contributed by atoms with Gasteiger partial charge in [0, 0.05) is 23.6 Å². The molecule has 3 heterocycles. The van der Waals surface area contributed by atoms with Crippen molar-refractivity contribution in [2.45, 2.75) is 0 Å². The fourth-order valence-corrected chi connectivity index (χ4v) is 2.39. The molecule has 6 heteroatoms. The quantitative estimate of drug-likeness (QED) is 0.611. The number of aromatic amines is 1. The molecule has 0 radical (unpaired) electrons. The second kappa shape index (κ2) is 5.42. The van der Waals surface area contributed by atoms with Crippen LogP contribution in [0.4, 0.5) is 5.69 Å². The number of para-hydroxylation sites is 1. The zero-order chi connectivity index (χ0) is 15.6. The van der Waals surface area contributed by atoms with Crippen LogP contribution in [-0.2, 0) is 0 Å². The van der Waals surface area contributed by atoms with Crippen LogP contribution in [0.5, 0.6) is 0 Å². The molecule has 0 spiro atoms. The summed E-state index contributed by atoms with van der Waals surface area (Å²) in [6, 6.07) is 13.1. The average molecular weight is 303 g/mol. The molecule has 0 unspecified atom stereocenters. The number of carbonyl (C=O) groups is 1. The van der Waals surface area contributed by atoms with Gasteiger partial charge in [0.25, 0.3) is 5.91 Å². The predicted octanol–water partition coefficient (Wildman–Crippen LogP) is 2.98. The van der Waals surface area contributed by atoms with Gasteiger partial charge < -0.3 is 14.7 Å². The molecule has 4 rings (SSSR count). The lowest BCUT2D eigenvalue weighted by molar-refractivity contribution is 0.102. The molecule has 0 saturated carbocycles. The van der Waals surface area contributed by atoms with Crippen LogP contribution in [-0.4, -0.2) is 25.3 Å². The van der Waals surface area contributed by atoms with Gasteiger partial charge in [-0.1, -0.05) is 18.2 Å². The number of H-pyrrole nitrogens is 1. The third kappa shape index (κ3) is 2.57. The summed E-state index contributed by atoms with van der Waals surface area (Å²) in [5, 5.41) is 2.83. The summed E-state index contributed by atoms with van der Waals surface area (Å²) in [6.07, 6.45) is 7.01. The highest BCUT2D eigenvalue weighted by molar-refractivity contribution is 6.03. The van der Waals surface area contributed by atoms with Crippen molar-refractivity contribution in [2.75, 3.05) is 5.32 Å². The molecule has 0 bridgehead atoms. The smallest absolute Gasteiger partial charge is 0.275 e. The zero-order valence-electron chi connectivity index (χ0n) is 12.1. The first-order chi connectivity index (χ1) is 11.3. The van der Waals surface area contributed by atoms with Gasteiger partial charge in [-0.05, 0) is 24.3 Å². The summed E-state index contributed by atoms with van der Waals surface area (Å²) in [7, 11) is 0. The predicted molar refractivity (Wildman–Crippen MR) is 87.2 cm³/mol. The van der Waals surface area contributed by atoms with Crippen LogP contribution in [0.25, 0.3) is 16.9 Å². The van der Waals surface area contributed by atoms with Crippen LogP contribution in [0.2, 0.25) is 0 Å². The minimum Gasteiger partial charge on any atom is -0.345 e. The van der Waals surface area contributed by atoms with Gasteiger partial charge in [-0.25, -0.2) is 9.97 Å². The highest BCUT2D eigenvalue weighted by Crippen LogP contribution is 2.17. The van der Waals surface area contributed by atoms with Gasteiger partial charge in [-0.2, -0.15) is 0 Å². The molecule has 0 saturated heterocycles. The molecule has 1 aromatic carbocycles. The van der Waals surface area contributed by atoms with Crippen molar-refractivity contribution in [2.24, 2.45) is 0 Å². The first kappa shape index (κ1) is 13.3. The topological polar surface area (TPSA) is 75.1 Å². The number of hydrogen-bond acceptors (Lipinski definition) is 3. The molecule has 0 aliphatic rings. The second-order valence-corrected chi connectivity index (χ2v) is 5.09. The number of fused-ring (bicyclic) bond motifs is 1. The molecule has 112 valence electrons. The Morgan fingerprint density at radius 2 is 1.96 bits per heavy atom. The van der Waals surface area contributed by atoms with Crippen molar-refractivity contribution < 1.29 is 4.79 Å². The molecule has 0 aliphatic carbocycles. The third-order valence-electron chi connectivity index (χ3n) is 3.52. The average Bonchev–Trinajstić information content (AvgIpc) is 3.24. The Balaban J connectivity index is 1.65. The number of benzene rings is 1. The number of anilines is 1. The molecule has 0 aliphatic heterocycles. The Morgan fingerprint density at radius 1 is 1.09 bits per heavy atom. The molecular formula is C17H13N5O. The van der Waals surface area contributed by atoms with Crippen molar-refractivity contribution in [1.82, 2.24) is 19.4 Å². The van der Waals surface area contributed by atoms with Gasteiger partial charge >= 0.3 is 0 Å². The van der Waals surface area contributed by atoms with Gasteiger partial charge in [0.15, 0.2) is 0 Å². The summed E-state index contributed by atoms with van der Waals surface area (Å²) in [6.45, 7) is 0. The van der Waals surface area contributed by atoms with Gasteiger partial charge in [-0.3, -0.25) is 4.79 Å². The molecule has 2 N–H and O–H groups in total. The van der Waals surface area contributed by atoms with Crippen molar-refractivity contribution >= 4 is 17.2 Å². The molecule has 6 nitrogen and oxygen atoms in total. The fourth-order valence-electron chi connectivity index (χ4n) is 2.39. The second-order valence-electron chi connectivity index (χ2n) is 5.09. The van der Waals surface area contributed by atoms with Crippen LogP contribution in [0, 0.1) is 0 Å². The number of amides is 1. The lowest BCUT2D eigenvalue weighted by Crippen LogP contribution is -2.11. The summed E-state index contributed by atoms with van der Waals surface area (Å²) in [4.78, 5) is 23.7. The Kier molecular flexibility index (Phi) is 3.12. The van der Waals surface area contributed by atoms with E-state index in [9.17, 15) is 4.79 Å². The molecular weight excluding hydrogens is 290 g/mol. The summed E-state index contributed by atoms with van der Waals surface area (Å²) < 4.78 is 1.83. The number of carbonyl (C=O) groups excluding carboxylic acids is 1. The van der Waals surface area contributed by atoms with Crippen LogP contribution in [0.15, 0.2) is 67.4 Å². The number of aromatic nitrogens is 4. The molecule has 4 aromatic rings. The normalized spacial score (nSPS) is 10.8. The molecule has 0 atom stereocenters. The number of rotatable bonds is 3. The van der Waals surface area contributed by atoms with Gasteiger partial charge in [0.05, 0.1) is 18.2 Å². The van der Waals surface area contributed by atoms with E-state index in [-0.39, 0.29) is 5.91 Å². The SMILES string of the molecule is O=C(Nc1ccccc1)c1cn2cc(-c3cnc[nH]3)ccc2n1. The number of nitrogens with one attached hydrogen (secondary N) is 2. The van der Waals surface area contributed by atoms with Crippen LogP contribution >= 0.6 is 0 Å². The molecule has 1 amide bonds. The van der Waals surface area contributed by atoms with Gasteiger partial charge in [0.1, 0.15) is 11.3 Å². The maximum absolute atomic E-state index is 12.3. The summed E-state index contributed by atoms with van der Waals surface area (Å²) >= 11 is 0. The molecule has 23 heavy (non-hydrogen) atoms. The standard InChI is InChI=1S/C17H13N5O/c23-17(20-13-4-2-1-3-5-13)15-10-22-9-12(6-7-16(22)21-15)14-8-18-11-19-14/h1-11H,(H,18,19)(H,20,23). The highest BCUT2D eigenvalue weighted by Gasteiger charge is 2.11. The highest BCUT2D eigenvalue weighted by atomic mass is 16.1. The van der Waals surface area contributed by atoms with E-state index < -0.39 is 0 Å². The van der Waals surface area contributed by atoms with E-state index in [1.54, 1.807) is 18.7 Å². The van der Waals surface area contributed by atoms with E-state index in [0.717, 1.165) is 16.9 Å². The zero-order valence-corrected chi connectivity index (χ0v) is 12.1. The first-order valence-corrected chi connectivity index (χ1v) is 7.13. The van der Waals surface area contributed by atoms with Crippen LogP contribution in [0.3, 0.4) is 0 Å². The van der Waals surface area contributed by atoms with E-state index in [2.05, 4.69) is 20.3 Å². The van der Waals surface area contributed by atoms with E-state index in [0.29, 0.717) is 11.3 Å². The number of hydrogen-bond donors (Lipinski definition) is 2. The summed E-state index contributed by atoms with van der Waals surface area (Å²) in [5.74, 6) is -0.233. The van der Waals surface area contributed by atoms with Crippen molar-refractivity contribution in [3.05, 3.63) is 73.1 Å². The van der Waals surface area contributed by atoms with Gasteiger partial charge in [0.2, 0.25) is 0 Å². The summed E-state index contributed by atoms with van der Waals surface area (Å²) in [5.41, 5.74) is 3.72. The van der Waals surface area contributed by atoms with Crippen molar-refractivity contribution in [3.8, 4) is 11.3 Å². The fraction of sp³-hybridized carbons (Fsp3) is 0. The van der Waals surface area contributed by atoms with E-state index in [1.807, 2.05) is 53.1 Å². The molecule has 3 aromatic heterocycles. The minimum atomic E-state index is -0.233. The first-order valence-electron chi connectivity index (χ1n) is 7.13. The molecule has 0 fully saturated rings. The van der Waals surface area contributed by atoms with Crippen molar-refractivity contribution in [1.29, 1.82) is 0 Å². The number of imidazole rings is 2. The van der Waals surface area contributed by atoms with Crippen molar-refractivity contribution in [3.63, 3.8) is 0 Å². The third-order valence-corrected chi connectivity index (χ3v) is 3.52. The Morgan fingerprint density at radius 3 is 2.74 bits per heavy atom. The Bertz CT molecular complexity index is 957. The number of nitrogens with zero attached hydrogens (tertiary/aromatic N) is 3. The largest absolute Gasteiger partial charge is 0.345 e. The van der Waals surface area contributed by atoms with E-state index in [4.69, 9.17) is 0 Å². The lowest BCUT2D eigenvalue weighted by Gasteiger charge is -2.01. The van der Waals surface area contributed by atoms with E-state index in [1.165, 1.54) is 0 Å². The van der Waals surface area contributed by atoms with Crippen LogP contribution < -0.4 is 5.32 Å². The Hall–Kier alpha value is -3.41. The van der Waals surface area contributed by atoms with Gasteiger partial charge in [-0.15, -0.1) is 0 Å². The maximum atomic E-state index is 12.3. The minimum absolute atomic E-state index is 0.233. The maximum Gasteiger partial charge on any atom is 0.275 e. The van der Waals surface area contributed by atoms with E-state index >= 15 is 0 Å². The monoisotopic (exact) mass is 303 g/mol. The van der Waals surface area contributed by atoms with Crippen LogP contribution in [0.1, 0.15) is 10.5 Å².